The highest BCUT2D eigenvalue weighted by Crippen LogP contribution is 2.31. The summed E-state index contributed by atoms with van der Waals surface area (Å²) in [6, 6.07) is 6.20. The average Bonchev–Trinajstić information content (AvgIpc) is 3.14. The number of hydrogen-bond acceptors (Lipinski definition) is 4. The highest BCUT2D eigenvalue weighted by atomic mass is 35.5. The van der Waals surface area contributed by atoms with E-state index in [0.717, 1.165) is 4.90 Å². The number of carbonyl (C=O) groups excluding carboxylic acids is 3. The molecule has 0 unspecified atom stereocenters. The lowest BCUT2D eigenvalue weighted by Crippen LogP contribution is -2.34. The quantitative estimate of drug-likeness (QED) is 0.825. The zero-order chi connectivity index (χ0) is 17.3. The van der Waals surface area contributed by atoms with Gasteiger partial charge in [-0.25, -0.2) is 0 Å². The lowest BCUT2D eigenvalue weighted by molar-refractivity contribution is -0.121. The first-order valence-electron chi connectivity index (χ1n) is 7.11. The van der Waals surface area contributed by atoms with Crippen LogP contribution in [0.25, 0.3) is 0 Å². The fraction of sp³-hybridized carbons (Fsp3) is 0.188. The minimum Gasteiger partial charge on any atom is -0.467 e. The van der Waals surface area contributed by atoms with Crippen LogP contribution in [0.5, 0.6) is 0 Å². The Kier molecular flexibility index (Phi) is 4.59. The molecule has 0 radical (unpaired) electrons. The van der Waals surface area contributed by atoms with Crippen LogP contribution in [0.15, 0.2) is 34.9 Å². The van der Waals surface area contributed by atoms with Crippen molar-refractivity contribution in [3.05, 3.63) is 57.5 Å². The largest absolute Gasteiger partial charge is 0.467 e. The molecule has 8 heteroatoms. The molecule has 2 aromatic rings. The van der Waals surface area contributed by atoms with Gasteiger partial charge in [-0.1, -0.05) is 23.2 Å². The van der Waals surface area contributed by atoms with Crippen LogP contribution in [-0.4, -0.2) is 29.2 Å². The van der Waals surface area contributed by atoms with Crippen LogP contribution < -0.4 is 5.32 Å². The number of nitrogens with one attached hydrogen (secondary N) is 1. The Morgan fingerprint density at radius 1 is 1.12 bits per heavy atom. The molecular weight excluding hydrogens is 355 g/mol. The molecule has 0 fully saturated rings. The number of nitrogens with zero attached hydrogens (tertiary/aromatic N) is 1. The van der Waals surface area contributed by atoms with Crippen LogP contribution in [-0.2, 0) is 11.3 Å². The standard InChI is InChI=1S/C16H12Cl2N2O4/c17-12-6-10-11(7-13(12)18)16(23)20(15(10)22)4-3-14(21)19-8-9-2-1-5-24-9/h1-2,5-7H,3-4,8H2,(H,19,21). The summed E-state index contributed by atoms with van der Waals surface area (Å²) >= 11 is 11.8. The first-order valence-corrected chi connectivity index (χ1v) is 7.87. The molecule has 1 aliphatic heterocycles. The van der Waals surface area contributed by atoms with Gasteiger partial charge in [0, 0.05) is 13.0 Å². The molecule has 0 atom stereocenters. The Morgan fingerprint density at radius 3 is 2.29 bits per heavy atom. The number of carbonyl (C=O) groups is 3. The third kappa shape index (κ3) is 3.16. The molecule has 6 nitrogen and oxygen atoms in total. The minimum atomic E-state index is -0.479. The summed E-state index contributed by atoms with van der Waals surface area (Å²) in [5.74, 6) is -0.632. The molecule has 2 heterocycles. The Morgan fingerprint density at radius 2 is 1.75 bits per heavy atom. The summed E-state index contributed by atoms with van der Waals surface area (Å²) < 4.78 is 5.10. The van der Waals surface area contributed by atoms with Gasteiger partial charge >= 0.3 is 0 Å². The smallest absolute Gasteiger partial charge is 0.261 e. The van der Waals surface area contributed by atoms with Crippen LogP contribution in [0.3, 0.4) is 0 Å². The first kappa shape index (κ1) is 16.5. The maximum Gasteiger partial charge on any atom is 0.261 e. The second-order valence-electron chi connectivity index (χ2n) is 5.18. The molecule has 3 amide bonds. The fourth-order valence-corrected chi connectivity index (χ4v) is 2.71. The van der Waals surface area contributed by atoms with Gasteiger partial charge in [0.1, 0.15) is 5.76 Å². The minimum absolute atomic E-state index is 0.00631. The van der Waals surface area contributed by atoms with E-state index in [1.807, 2.05) is 0 Å². The van der Waals surface area contributed by atoms with Gasteiger partial charge in [-0.2, -0.15) is 0 Å². The SMILES string of the molecule is O=C(CCN1C(=O)c2cc(Cl)c(Cl)cc2C1=O)NCc1ccco1. The van der Waals surface area contributed by atoms with Crippen molar-refractivity contribution in [3.63, 3.8) is 0 Å². The van der Waals surface area contributed by atoms with Crippen LogP contribution in [0, 0.1) is 0 Å². The third-order valence-corrected chi connectivity index (χ3v) is 4.34. The number of rotatable bonds is 5. The van der Waals surface area contributed by atoms with Gasteiger partial charge in [-0.05, 0) is 24.3 Å². The molecule has 3 rings (SSSR count). The maximum absolute atomic E-state index is 12.3. The summed E-state index contributed by atoms with van der Waals surface area (Å²) in [4.78, 5) is 37.4. The molecule has 124 valence electrons. The molecule has 0 saturated carbocycles. The molecule has 24 heavy (non-hydrogen) atoms. The van der Waals surface area contributed by atoms with Crippen LogP contribution >= 0.6 is 23.2 Å². The second-order valence-corrected chi connectivity index (χ2v) is 5.99. The predicted octanol–water partition coefficient (Wildman–Crippen LogP) is 2.89. The predicted molar refractivity (Wildman–Crippen MR) is 87.0 cm³/mol. The van der Waals surface area contributed by atoms with Crippen molar-refractivity contribution in [2.75, 3.05) is 6.54 Å². The summed E-state index contributed by atoms with van der Waals surface area (Å²) in [6.45, 7) is 0.227. The van der Waals surface area contributed by atoms with E-state index in [4.69, 9.17) is 27.6 Å². The van der Waals surface area contributed by atoms with Crippen molar-refractivity contribution in [3.8, 4) is 0 Å². The number of halogens is 2. The van der Waals surface area contributed by atoms with E-state index in [1.54, 1.807) is 12.1 Å². The number of hydrogen-bond donors (Lipinski definition) is 1. The van der Waals surface area contributed by atoms with E-state index in [0.29, 0.717) is 5.76 Å². The monoisotopic (exact) mass is 366 g/mol. The van der Waals surface area contributed by atoms with E-state index >= 15 is 0 Å². The summed E-state index contributed by atoms with van der Waals surface area (Å²) in [5, 5.41) is 3.06. The van der Waals surface area contributed by atoms with Crippen molar-refractivity contribution >= 4 is 40.9 Å². The van der Waals surface area contributed by atoms with Crippen LogP contribution in [0.4, 0.5) is 0 Å². The molecule has 1 N–H and O–H groups in total. The fourth-order valence-electron chi connectivity index (χ4n) is 2.39. The molecule has 0 aliphatic carbocycles. The maximum atomic E-state index is 12.3. The second kappa shape index (κ2) is 6.67. The average molecular weight is 367 g/mol. The highest BCUT2D eigenvalue weighted by Gasteiger charge is 2.36. The van der Waals surface area contributed by atoms with E-state index in [-0.39, 0.29) is 46.6 Å². The van der Waals surface area contributed by atoms with Gasteiger partial charge < -0.3 is 9.73 Å². The van der Waals surface area contributed by atoms with Gasteiger partial charge in [-0.3, -0.25) is 19.3 Å². The zero-order valence-corrected chi connectivity index (χ0v) is 13.9. The summed E-state index contributed by atoms with van der Waals surface area (Å²) in [7, 11) is 0. The Bertz CT molecular complexity index is 777. The Hall–Kier alpha value is -2.31. The molecule has 0 spiro atoms. The number of imide groups is 1. The van der Waals surface area contributed by atoms with Crippen molar-refractivity contribution < 1.29 is 18.8 Å². The molecule has 1 aromatic carbocycles. The van der Waals surface area contributed by atoms with E-state index in [9.17, 15) is 14.4 Å². The van der Waals surface area contributed by atoms with Gasteiger partial charge in [-0.15, -0.1) is 0 Å². The van der Waals surface area contributed by atoms with Crippen molar-refractivity contribution in [1.82, 2.24) is 10.2 Å². The van der Waals surface area contributed by atoms with Crippen LogP contribution in [0.1, 0.15) is 32.9 Å². The number of benzene rings is 1. The van der Waals surface area contributed by atoms with Crippen molar-refractivity contribution in [2.24, 2.45) is 0 Å². The van der Waals surface area contributed by atoms with Gasteiger partial charge in [0.05, 0.1) is 34.0 Å². The summed E-state index contributed by atoms with van der Waals surface area (Å²) in [5.41, 5.74) is 0.399. The van der Waals surface area contributed by atoms with E-state index in [1.165, 1.54) is 18.4 Å². The third-order valence-electron chi connectivity index (χ3n) is 3.61. The number of amides is 3. The van der Waals surface area contributed by atoms with Crippen molar-refractivity contribution in [1.29, 1.82) is 0 Å². The first-order chi connectivity index (χ1) is 11.5. The topological polar surface area (TPSA) is 79.6 Å². The molecule has 1 aliphatic rings. The zero-order valence-electron chi connectivity index (χ0n) is 12.3. The van der Waals surface area contributed by atoms with Gasteiger partial charge in [0.2, 0.25) is 5.91 Å². The van der Waals surface area contributed by atoms with Gasteiger partial charge in [0.25, 0.3) is 11.8 Å². The molecule has 0 bridgehead atoms. The lowest BCUT2D eigenvalue weighted by atomic mass is 10.1. The van der Waals surface area contributed by atoms with E-state index < -0.39 is 11.8 Å². The highest BCUT2D eigenvalue weighted by molar-refractivity contribution is 6.43. The van der Waals surface area contributed by atoms with Gasteiger partial charge in [0.15, 0.2) is 0 Å². The van der Waals surface area contributed by atoms with E-state index in [2.05, 4.69) is 5.32 Å². The lowest BCUT2D eigenvalue weighted by Gasteiger charge is -2.13. The van der Waals surface area contributed by atoms with Crippen LogP contribution in [0.2, 0.25) is 10.0 Å². The van der Waals surface area contributed by atoms with Crippen molar-refractivity contribution in [2.45, 2.75) is 13.0 Å². The Labute approximate surface area is 147 Å². The number of furan rings is 1. The normalized spacial score (nSPS) is 13.3. The summed E-state index contributed by atoms with van der Waals surface area (Å²) in [6.07, 6.45) is 1.50. The molecule has 0 saturated heterocycles. The number of fused-ring (bicyclic) bond motifs is 1. The molecular formula is C16H12Cl2N2O4. The molecule has 1 aromatic heterocycles. The Balaban J connectivity index is 1.61.